The molecular formula is C9H14IN. The lowest BCUT2D eigenvalue weighted by atomic mass is 10.2. The van der Waals surface area contributed by atoms with Crippen LogP contribution >= 0.6 is 22.6 Å². The van der Waals surface area contributed by atoms with E-state index in [-0.39, 0.29) is 0 Å². The minimum absolute atomic E-state index is 0.774. The number of aryl methyl sites for hydroxylation is 2. The molecule has 0 saturated carbocycles. The summed E-state index contributed by atoms with van der Waals surface area (Å²) in [6.45, 7) is 4.34. The molecule has 0 spiro atoms. The van der Waals surface area contributed by atoms with Gasteiger partial charge in [-0.25, -0.2) is 0 Å². The van der Waals surface area contributed by atoms with Crippen LogP contribution in [0, 0.1) is 6.92 Å². The molecule has 1 atom stereocenters. The lowest BCUT2D eigenvalue weighted by Gasteiger charge is -1.99. The van der Waals surface area contributed by atoms with Crippen LogP contribution in [-0.4, -0.2) is 8.91 Å². The van der Waals surface area contributed by atoms with Gasteiger partial charge in [-0.1, -0.05) is 29.5 Å². The molecule has 0 aromatic carbocycles. The Labute approximate surface area is 81.7 Å². The Morgan fingerprint density at radius 3 is 2.73 bits per heavy atom. The third-order valence-corrected chi connectivity index (χ3v) is 2.33. The monoisotopic (exact) mass is 263 g/mol. The number of hydrogen-bond donors (Lipinski definition) is 1. The van der Waals surface area contributed by atoms with Crippen molar-refractivity contribution in [3.63, 3.8) is 0 Å². The molecular weight excluding hydrogens is 249 g/mol. The Bertz CT molecular complexity index is 215. The van der Waals surface area contributed by atoms with Crippen LogP contribution in [0.1, 0.15) is 24.7 Å². The Balaban J connectivity index is 2.39. The normalized spacial score (nSPS) is 13.4. The summed E-state index contributed by atoms with van der Waals surface area (Å²) in [7, 11) is 0. The Morgan fingerprint density at radius 1 is 1.55 bits per heavy atom. The Kier molecular flexibility index (Phi) is 3.43. The quantitative estimate of drug-likeness (QED) is 0.637. The van der Waals surface area contributed by atoms with Crippen molar-refractivity contribution < 1.29 is 0 Å². The zero-order chi connectivity index (χ0) is 8.27. The van der Waals surface area contributed by atoms with Gasteiger partial charge in [0.15, 0.2) is 0 Å². The molecule has 11 heavy (non-hydrogen) atoms. The standard InChI is InChI=1S/C9H14IN/c1-7(10)3-5-9-6-4-8(2)11-9/h4,6-7,11H,3,5H2,1-2H3. The highest BCUT2D eigenvalue weighted by atomic mass is 127. The smallest absolute Gasteiger partial charge is 0.0149 e. The fourth-order valence-corrected chi connectivity index (χ4v) is 1.37. The van der Waals surface area contributed by atoms with E-state index < -0.39 is 0 Å². The van der Waals surface area contributed by atoms with Crippen LogP contribution in [0.4, 0.5) is 0 Å². The van der Waals surface area contributed by atoms with Crippen LogP contribution in [0.2, 0.25) is 0 Å². The van der Waals surface area contributed by atoms with Crippen LogP contribution in [0.25, 0.3) is 0 Å². The molecule has 1 N–H and O–H groups in total. The van der Waals surface area contributed by atoms with Crippen molar-refractivity contribution in [2.75, 3.05) is 0 Å². The van der Waals surface area contributed by atoms with Gasteiger partial charge in [-0.05, 0) is 31.9 Å². The first-order chi connectivity index (χ1) is 5.18. The van der Waals surface area contributed by atoms with Gasteiger partial charge in [-0.2, -0.15) is 0 Å². The molecule has 62 valence electrons. The van der Waals surface area contributed by atoms with Crippen LogP contribution < -0.4 is 0 Å². The summed E-state index contributed by atoms with van der Waals surface area (Å²) >= 11 is 2.46. The van der Waals surface area contributed by atoms with E-state index in [2.05, 4.69) is 53.6 Å². The molecule has 1 aromatic heterocycles. The number of nitrogens with one attached hydrogen (secondary N) is 1. The Morgan fingerprint density at radius 2 is 2.27 bits per heavy atom. The minimum Gasteiger partial charge on any atom is -0.363 e. The second-order valence-corrected chi connectivity index (χ2v) is 5.11. The molecule has 1 unspecified atom stereocenters. The first kappa shape index (κ1) is 9.10. The van der Waals surface area contributed by atoms with Gasteiger partial charge in [-0.15, -0.1) is 0 Å². The summed E-state index contributed by atoms with van der Waals surface area (Å²) in [4.78, 5) is 3.33. The maximum absolute atomic E-state index is 3.33. The zero-order valence-electron chi connectivity index (χ0n) is 7.02. The Hall–Kier alpha value is 0.01000. The topological polar surface area (TPSA) is 15.8 Å². The van der Waals surface area contributed by atoms with Crippen molar-refractivity contribution in [3.05, 3.63) is 23.5 Å². The molecule has 0 bridgehead atoms. The minimum atomic E-state index is 0.774. The molecule has 1 nitrogen and oxygen atoms in total. The molecule has 0 fully saturated rings. The fraction of sp³-hybridized carbons (Fsp3) is 0.556. The van der Waals surface area contributed by atoms with Crippen LogP contribution in [0.15, 0.2) is 12.1 Å². The molecule has 0 radical (unpaired) electrons. The van der Waals surface area contributed by atoms with E-state index in [1.807, 2.05) is 0 Å². The van der Waals surface area contributed by atoms with Crippen molar-refractivity contribution in [3.8, 4) is 0 Å². The van der Waals surface area contributed by atoms with Crippen molar-refractivity contribution in [2.45, 2.75) is 30.6 Å². The molecule has 1 heterocycles. The second kappa shape index (κ2) is 4.14. The number of aromatic amines is 1. The van der Waals surface area contributed by atoms with E-state index >= 15 is 0 Å². The van der Waals surface area contributed by atoms with Crippen LogP contribution in [0.3, 0.4) is 0 Å². The highest BCUT2D eigenvalue weighted by molar-refractivity contribution is 14.1. The van der Waals surface area contributed by atoms with Crippen LogP contribution in [0.5, 0.6) is 0 Å². The zero-order valence-corrected chi connectivity index (χ0v) is 9.18. The second-order valence-electron chi connectivity index (χ2n) is 2.99. The van der Waals surface area contributed by atoms with Crippen molar-refractivity contribution in [1.29, 1.82) is 0 Å². The van der Waals surface area contributed by atoms with E-state index in [1.165, 1.54) is 24.2 Å². The summed E-state index contributed by atoms with van der Waals surface area (Å²) < 4.78 is 0.774. The van der Waals surface area contributed by atoms with E-state index in [0.717, 1.165) is 3.92 Å². The number of alkyl halides is 1. The van der Waals surface area contributed by atoms with E-state index in [9.17, 15) is 0 Å². The van der Waals surface area contributed by atoms with Gasteiger partial charge in [-0.3, -0.25) is 0 Å². The number of H-pyrrole nitrogens is 1. The SMILES string of the molecule is Cc1ccc(CCC(C)I)[nH]1. The van der Waals surface area contributed by atoms with Crippen LogP contribution in [-0.2, 0) is 6.42 Å². The molecule has 1 aromatic rings. The number of hydrogen-bond acceptors (Lipinski definition) is 0. The molecule has 0 saturated heterocycles. The molecule has 1 rings (SSSR count). The molecule has 0 amide bonds. The predicted molar refractivity (Wildman–Crippen MR) is 57.3 cm³/mol. The third-order valence-electron chi connectivity index (χ3n) is 1.70. The summed E-state index contributed by atoms with van der Waals surface area (Å²) in [6, 6.07) is 4.31. The summed E-state index contributed by atoms with van der Waals surface area (Å²) in [5.74, 6) is 0. The highest BCUT2D eigenvalue weighted by Gasteiger charge is 1.98. The van der Waals surface area contributed by atoms with Gasteiger partial charge in [0.1, 0.15) is 0 Å². The van der Waals surface area contributed by atoms with Gasteiger partial charge in [0.05, 0.1) is 0 Å². The average Bonchev–Trinajstić information content (AvgIpc) is 2.31. The highest BCUT2D eigenvalue weighted by Crippen LogP contribution is 2.10. The van der Waals surface area contributed by atoms with Gasteiger partial charge < -0.3 is 4.98 Å². The first-order valence-corrected chi connectivity index (χ1v) is 5.21. The molecule has 0 aliphatic rings. The predicted octanol–water partition coefficient (Wildman–Crippen LogP) is 3.08. The van der Waals surface area contributed by atoms with Crippen molar-refractivity contribution in [1.82, 2.24) is 4.98 Å². The molecule has 0 aliphatic carbocycles. The fourth-order valence-electron chi connectivity index (χ4n) is 1.06. The van der Waals surface area contributed by atoms with E-state index in [0.29, 0.717) is 0 Å². The number of rotatable bonds is 3. The lowest BCUT2D eigenvalue weighted by Crippen LogP contribution is -1.93. The third kappa shape index (κ3) is 3.27. The van der Waals surface area contributed by atoms with Crippen molar-refractivity contribution in [2.24, 2.45) is 0 Å². The van der Waals surface area contributed by atoms with E-state index in [4.69, 9.17) is 0 Å². The summed E-state index contributed by atoms with van der Waals surface area (Å²) in [5.41, 5.74) is 2.63. The van der Waals surface area contributed by atoms with Gasteiger partial charge >= 0.3 is 0 Å². The molecule has 0 aliphatic heterocycles. The van der Waals surface area contributed by atoms with Gasteiger partial charge in [0.25, 0.3) is 0 Å². The molecule has 2 heteroatoms. The first-order valence-electron chi connectivity index (χ1n) is 3.97. The van der Waals surface area contributed by atoms with Gasteiger partial charge in [0, 0.05) is 15.3 Å². The van der Waals surface area contributed by atoms with Crippen molar-refractivity contribution >= 4 is 22.6 Å². The maximum atomic E-state index is 3.33. The number of aromatic nitrogens is 1. The van der Waals surface area contributed by atoms with E-state index in [1.54, 1.807) is 0 Å². The summed E-state index contributed by atoms with van der Waals surface area (Å²) in [6.07, 6.45) is 2.44. The van der Waals surface area contributed by atoms with Gasteiger partial charge in [0.2, 0.25) is 0 Å². The lowest BCUT2D eigenvalue weighted by molar-refractivity contribution is 0.814. The number of halogens is 1. The average molecular weight is 263 g/mol. The summed E-state index contributed by atoms with van der Waals surface area (Å²) in [5, 5.41) is 0. The maximum Gasteiger partial charge on any atom is 0.0149 e. The largest absolute Gasteiger partial charge is 0.363 e.